The Morgan fingerprint density at radius 2 is 2.05 bits per heavy atom. The van der Waals surface area contributed by atoms with Crippen molar-refractivity contribution in [3.8, 4) is 0 Å². The van der Waals surface area contributed by atoms with Gasteiger partial charge in [-0.05, 0) is 25.5 Å². The molecule has 4 nitrogen and oxygen atoms in total. The average molecular weight is 320 g/mol. The van der Waals surface area contributed by atoms with Crippen molar-refractivity contribution in [3.63, 3.8) is 0 Å². The summed E-state index contributed by atoms with van der Waals surface area (Å²) in [5.41, 5.74) is -1.80. The second kappa shape index (κ2) is 6.20. The Labute approximate surface area is 125 Å². The minimum absolute atomic E-state index is 0.187. The van der Waals surface area contributed by atoms with Gasteiger partial charge >= 0.3 is 0 Å². The molecule has 0 bridgehead atoms. The largest absolute Gasteiger partial charge is 0.280 e. The molecular weight excluding hydrogens is 304 g/mol. The maximum absolute atomic E-state index is 13.0. The molecule has 1 fully saturated rings. The molecule has 1 aliphatic heterocycles. The third kappa shape index (κ3) is 3.06. The summed E-state index contributed by atoms with van der Waals surface area (Å²) in [6, 6.07) is 1.95. The number of aromatic nitrogens is 1. The molecule has 1 aliphatic rings. The summed E-state index contributed by atoms with van der Waals surface area (Å²) in [7, 11) is 0. The highest BCUT2D eigenvalue weighted by atomic mass is 19.3. The lowest BCUT2D eigenvalue weighted by Gasteiger charge is -2.30. The van der Waals surface area contributed by atoms with E-state index in [2.05, 4.69) is 4.98 Å². The van der Waals surface area contributed by atoms with Crippen molar-refractivity contribution >= 4 is 5.91 Å². The van der Waals surface area contributed by atoms with Crippen molar-refractivity contribution in [2.24, 2.45) is 5.41 Å². The Hall–Kier alpha value is -1.70. The van der Waals surface area contributed by atoms with Gasteiger partial charge in [-0.2, -0.15) is 0 Å². The second-order valence-electron chi connectivity index (χ2n) is 5.61. The molecule has 22 heavy (non-hydrogen) atoms. The lowest BCUT2D eigenvalue weighted by Crippen LogP contribution is -2.43. The van der Waals surface area contributed by atoms with Gasteiger partial charge in [0.1, 0.15) is 11.1 Å². The van der Waals surface area contributed by atoms with Crippen molar-refractivity contribution in [1.29, 1.82) is 0 Å². The Bertz CT molecular complexity index is 534. The molecule has 1 aromatic heterocycles. The fraction of sp³-hybridized carbons (Fsp3) is 0.571. The predicted molar refractivity (Wildman–Crippen MR) is 69.1 cm³/mol. The molecule has 0 saturated carbocycles. The zero-order chi connectivity index (χ0) is 16.5. The predicted octanol–water partition coefficient (Wildman–Crippen LogP) is 3.52. The molecule has 0 aliphatic carbocycles. The van der Waals surface area contributed by atoms with Crippen LogP contribution in [0.15, 0.2) is 18.3 Å². The van der Waals surface area contributed by atoms with Crippen molar-refractivity contribution in [2.75, 3.05) is 6.61 Å². The number of halogens is 4. The van der Waals surface area contributed by atoms with E-state index in [9.17, 15) is 22.4 Å². The van der Waals surface area contributed by atoms with Gasteiger partial charge in [0, 0.05) is 12.6 Å². The summed E-state index contributed by atoms with van der Waals surface area (Å²) in [6.45, 7) is 2.46. The Kier molecular flexibility index (Phi) is 4.69. The molecule has 0 N–H and O–H groups in total. The van der Waals surface area contributed by atoms with Crippen LogP contribution in [-0.4, -0.2) is 29.0 Å². The molecule has 0 unspecified atom stereocenters. The van der Waals surface area contributed by atoms with Crippen LogP contribution in [0, 0.1) is 5.41 Å². The third-order valence-electron chi connectivity index (χ3n) is 3.62. The standard InChI is InChI=1S/C14H16F4N2O2/c1-14(2,12(17)18)13(21)20-10(5-6-22-20)8-3-4-9(11(15)16)19-7-8/h3-4,7,10-12H,5-6H2,1-2H3/t10-/m0/s1. The first-order valence-electron chi connectivity index (χ1n) is 6.74. The molecule has 1 atom stereocenters. The number of nitrogens with zero attached hydrogens (tertiary/aromatic N) is 2. The zero-order valence-corrected chi connectivity index (χ0v) is 12.1. The molecule has 2 rings (SSSR count). The Morgan fingerprint density at radius 1 is 1.36 bits per heavy atom. The Morgan fingerprint density at radius 3 is 2.55 bits per heavy atom. The van der Waals surface area contributed by atoms with Crippen LogP contribution in [0.2, 0.25) is 0 Å². The van der Waals surface area contributed by atoms with Gasteiger partial charge in [-0.15, -0.1) is 0 Å². The van der Waals surface area contributed by atoms with Crippen LogP contribution in [0.1, 0.15) is 44.0 Å². The highest BCUT2D eigenvalue weighted by Crippen LogP contribution is 2.36. The number of carbonyl (C=O) groups is 1. The summed E-state index contributed by atoms with van der Waals surface area (Å²) in [4.78, 5) is 21.0. The van der Waals surface area contributed by atoms with Crippen LogP contribution >= 0.6 is 0 Å². The number of carbonyl (C=O) groups excluding carboxylic acids is 1. The van der Waals surface area contributed by atoms with Gasteiger partial charge in [-0.25, -0.2) is 22.6 Å². The van der Waals surface area contributed by atoms with Gasteiger partial charge in [0.15, 0.2) is 0 Å². The van der Waals surface area contributed by atoms with E-state index < -0.39 is 30.2 Å². The van der Waals surface area contributed by atoms with Crippen LogP contribution in [0.25, 0.3) is 0 Å². The van der Waals surface area contributed by atoms with Gasteiger partial charge < -0.3 is 0 Å². The van der Waals surface area contributed by atoms with E-state index >= 15 is 0 Å². The van der Waals surface area contributed by atoms with Crippen LogP contribution in [-0.2, 0) is 9.63 Å². The van der Waals surface area contributed by atoms with E-state index in [0.717, 1.165) is 25.0 Å². The number of hydrogen-bond acceptors (Lipinski definition) is 3. The second-order valence-corrected chi connectivity index (χ2v) is 5.61. The normalized spacial score (nSPS) is 19.3. The van der Waals surface area contributed by atoms with Crippen molar-refractivity contribution in [3.05, 3.63) is 29.6 Å². The number of alkyl halides is 4. The van der Waals surface area contributed by atoms with Crippen molar-refractivity contribution < 1.29 is 27.2 Å². The number of hydroxylamine groups is 2. The smallest absolute Gasteiger partial charge is 0.272 e. The molecule has 0 radical (unpaired) electrons. The monoisotopic (exact) mass is 320 g/mol. The van der Waals surface area contributed by atoms with Gasteiger partial charge in [0.2, 0.25) is 0 Å². The first-order chi connectivity index (χ1) is 10.2. The first-order valence-corrected chi connectivity index (χ1v) is 6.74. The third-order valence-corrected chi connectivity index (χ3v) is 3.62. The molecule has 122 valence electrons. The number of rotatable bonds is 4. The number of amides is 1. The molecule has 0 aromatic carbocycles. The van der Waals surface area contributed by atoms with Gasteiger partial charge in [-0.3, -0.25) is 14.6 Å². The van der Waals surface area contributed by atoms with Crippen LogP contribution in [0.5, 0.6) is 0 Å². The van der Waals surface area contributed by atoms with Gasteiger partial charge in [-0.1, -0.05) is 6.07 Å². The van der Waals surface area contributed by atoms with Crippen LogP contribution in [0.4, 0.5) is 17.6 Å². The van der Waals surface area contributed by atoms with Crippen molar-refractivity contribution in [2.45, 2.75) is 39.2 Å². The lowest BCUT2D eigenvalue weighted by atomic mass is 9.92. The van der Waals surface area contributed by atoms with E-state index in [4.69, 9.17) is 4.84 Å². The summed E-state index contributed by atoms with van der Waals surface area (Å²) in [5.74, 6) is -0.845. The summed E-state index contributed by atoms with van der Waals surface area (Å²) >= 11 is 0. The summed E-state index contributed by atoms with van der Waals surface area (Å²) < 4.78 is 51.0. The highest BCUT2D eigenvalue weighted by Gasteiger charge is 2.45. The molecule has 2 heterocycles. The molecule has 8 heteroatoms. The Balaban J connectivity index is 2.22. The first kappa shape index (κ1) is 16.7. The SMILES string of the molecule is CC(C)(C(=O)N1OCC[C@H]1c1ccc(C(F)F)nc1)C(F)F. The molecular formula is C14H16F4N2O2. The minimum atomic E-state index is -2.84. The molecule has 1 saturated heterocycles. The van der Waals surface area contributed by atoms with E-state index in [1.54, 1.807) is 0 Å². The van der Waals surface area contributed by atoms with E-state index in [-0.39, 0.29) is 12.3 Å². The van der Waals surface area contributed by atoms with E-state index in [0.29, 0.717) is 12.0 Å². The lowest BCUT2D eigenvalue weighted by molar-refractivity contribution is -0.194. The number of hydrogen-bond donors (Lipinski definition) is 0. The number of pyridine rings is 1. The topological polar surface area (TPSA) is 42.4 Å². The van der Waals surface area contributed by atoms with Gasteiger partial charge in [0.05, 0.1) is 12.6 Å². The molecule has 1 amide bonds. The fourth-order valence-electron chi connectivity index (χ4n) is 2.09. The zero-order valence-electron chi connectivity index (χ0n) is 12.1. The summed E-state index contributed by atoms with van der Waals surface area (Å²) in [6.07, 6.45) is -3.93. The molecule has 0 spiro atoms. The maximum Gasteiger partial charge on any atom is 0.280 e. The van der Waals surface area contributed by atoms with Crippen molar-refractivity contribution in [1.82, 2.24) is 10.0 Å². The minimum Gasteiger partial charge on any atom is -0.272 e. The quantitative estimate of drug-likeness (QED) is 0.797. The van der Waals surface area contributed by atoms with Gasteiger partial charge in [0.25, 0.3) is 18.8 Å². The van der Waals surface area contributed by atoms with E-state index in [1.165, 1.54) is 12.3 Å². The summed E-state index contributed by atoms with van der Waals surface area (Å²) in [5, 5.41) is 0.908. The highest BCUT2D eigenvalue weighted by molar-refractivity contribution is 5.82. The van der Waals surface area contributed by atoms with Crippen LogP contribution < -0.4 is 0 Å². The van der Waals surface area contributed by atoms with E-state index in [1.807, 2.05) is 0 Å². The molecule has 1 aromatic rings. The maximum atomic E-state index is 13.0. The average Bonchev–Trinajstić information content (AvgIpc) is 2.95. The van der Waals surface area contributed by atoms with Crippen LogP contribution in [0.3, 0.4) is 0 Å². The fourth-order valence-corrected chi connectivity index (χ4v) is 2.09.